The summed E-state index contributed by atoms with van der Waals surface area (Å²) < 4.78 is 0. The van der Waals surface area contributed by atoms with Crippen LogP contribution in [0.25, 0.3) is 0 Å². The van der Waals surface area contributed by atoms with Crippen LogP contribution >= 0.6 is 0 Å². The van der Waals surface area contributed by atoms with Crippen LogP contribution < -0.4 is 0 Å². The van der Waals surface area contributed by atoms with Crippen molar-refractivity contribution in [2.24, 2.45) is 0 Å². The van der Waals surface area contributed by atoms with Crippen molar-refractivity contribution in [2.75, 3.05) is 0 Å². The molecule has 54 valence electrons. The third-order valence-electron chi connectivity index (χ3n) is 0.583. The zero-order valence-electron chi connectivity index (χ0n) is 6.15. The van der Waals surface area contributed by atoms with Gasteiger partial charge in [0.1, 0.15) is 0 Å². The van der Waals surface area contributed by atoms with Crippen LogP contribution in [0.15, 0.2) is 12.2 Å². The first kappa shape index (κ1) is 15.7. The molecule has 0 N–H and O–H groups in total. The summed E-state index contributed by atoms with van der Waals surface area (Å²) in [5.74, 6) is 5.36. The van der Waals surface area contributed by atoms with E-state index < -0.39 is 0 Å². The number of rotatable bonds is 0. The number of hydrogen-bond donors (Lipinski definition) is 0. The lowest BCUT2D eigenvalue weighted by Gasteiger charge is -1.49. The normalized spacial score (nSPS) is 5.78. The second-order valence-corrected chi connectivity index (χ2v) is 1.17. The van der Waals surface area contributed by atoms with Crippen molar-refractivity contribution < 1.29 is 0 Å². The summed E-state index contributed by atoms with van der Waals surface area (Å²) in [5.41, 5.74) is 0. The summed E-state index contributed by atoms with van der Waals surface area (Å²) in [5, 5.41) is 0. The van der Waals surface area contributed by atoms with Gasteiger partial charge >= 0.3 is 0 Å². The molecule has 0 bridgehead atoms. The standard InChI is InChI=1S/C4H8.C4H6.CH4/c2*1-3-4-2;/h3-4H,1-2H3;1-2H3;1H4. The van der Waals surface area contributed by atoms with Crippen molar-refractivity contribution in [1.29, 1.82) is 0 Å². The molecule has 0 nitrogen and oxygen atoms in total. The van der Waals surface area contributed by atoms with Gasteiger partial charge in [0.05, 0.1) is 0 Å². The van der Waals surface area contributed by atoms with Gasteiger partial charge in [-0.2, -0.15) is 0 Å². The average molecular weight is 126 g/mol. The SMILES string of the molecule is C.CC#CC.CC=CC. The molecule has 0 aromatic carbocycles. The summed E-state index contributed by atoms with van der Waals surface area (Å²) in [6, 6.07) is 0. The van der Waals surface area contributed by atoms with Crippen molar-refractivity contribution in [3.05, 3.63) is 12.2 Å². The molecular weight excluding hydrogens is 108 g/mol. The molecule has 0 atom stereocenters. The molecule has 0 fully saturated rings. The van der Waals surface area contributed by atoms with Gasteiger partial charge in [-0.25, -0.2) is 0 Å². The molecule has 0 heterocycles. The second-order valence-electron chi connectivity index (χ2n) is 1.17. The third-order valence-corrected chi connectivity index (χ3v) is 0.583. The minimum Gasteiger partial charge on any atom is -0.107 e. The molecule has 0 aliphatic rings. The predicted octanol–water partition coefficient (Wildman–Crippen LogP) is 3.25. The zero-order valence-corrected chi connectivity index (χ0v) is 6.15. The van der Waals surface area contributed by atoms with E-state index in [4.69, 9.17) is 0 Å². The molecule has 0 aromatic rings. The van der Waals surface area contributed by atoms with Crippen molar-refractivity contribution >= 4 is 0 Å². The minimum absolute atomic E-state index is 0. The van der Waals surface area contributed by atoms with E-state index in [0.29, 0.717) is 0 Å². The molecule has 0 rings (SSSR count). The summed E-state index contributed by atoms with van der Waals surface area (Å²) in [7, 11) is 0. The highest BCUT2D eigenvalue weighted by atomic mass is 13.4. The Hall–Kier alpha value is -0.700. The lowest BCUT2D eigenvalue weighted by molar-refractivity contribution is 1.64. The highest BCUT2D eigenvalue weighted by molar-refractivity contribution is 4.89. The van der Waals surface area contributed by atoms with Crippen LogP contribution in [0.5, 0.6) is 0 Å². The summed E-state index contributed by atoms with van der Waals surface area (Å²) in [6.07, 6.45) is 4.00. The molecule has 9 heavy (non-hydrogen) atoms. The van der Waals surface area contributed by atoms with Crippen molar-refractivity contribution in [3.8, 4) is 11.8 Å². The van der Waals surface area contributed by atoms with E-state index in [-0.39, 0.29) is 7.43 Å². The third kappa shape index (κ3) is 121. The van der Waals surface area contributed by atoms with Gasteiger partial charge < -0.3 is 0 Å². The molecule has 0 heteroatoms. The van der Waals surface area contributed by atoms with Crippen LogP contribution in [0, 0.1) is 11.8 Å². The van der Waals surface area contributed by atoms with Gasteiger partial charge in [-0.15, -0.1) is 11.8 Å². The van der Waals surface area contributed by atoms with Crippen molar-refractivity contribution in [1.82, 2.24) is 0 Å². The monoisotopic (exact) mass is 126 g/mol. The Morgan fingerprint density at radius 3 is 1.11 bits per heavy atom. The van der Waals surface area contributed by atoms with Crippen LogP contribution in [-0.4, -0.2) is 0 Å². The van der Waals surface area contributed by atoms with E-state index in [1.54, 1.807) is 0 Å². The van der Waals surface area contributed by atoms with Crippen molar-refractivity contribution in [2.45, 2.75) is 35.1 Å². The molecular formula is C9H18. The van der Waals surface area contributed by atoms with Gasteiger partial charge in [0.25, 0.3) is 0 Å². The van der Waals surface area contributed by atoms with E-state index in [1.807, 2.05) is 39.8 Å². The average Bonchev–Trinajstić information content (AvgIpc) is 1.88. The Balaban J connectivity index is -0.0000000720. The topological polar surface area (TPSA) is 0 Å². The van der Waals surface area contributed by atoms with Crippen LogP contribution in [0.4, 0.5) is 0 Å². The maximum atomic E-state index is 2.68. The van der Waals surface area contributed by atoms with Crippen LogP contribution in [0.2, 0.25) is 0 Å². The van der Waals surface area contributed by atoms with Gasteiger partial charge in [-0.05, 0) is 27.7 Å². The molecule has 0 aliphatic carbocycles. The van der Waals surface area contributed by atoms with E-state index in [2.05, 4.69) is 11.8 Å². The summed E-state index contributed by atoms with van der Waals surface area (Å²) in [4.78, 5) is 0. The first-order chi connectivity index (χ1) is 3.83. The van der Waals surface area contributed by atoms with Crippen LogP contribution in [-0.2, 0) is 0 Å². The lowest BCUT2D eigenvalue weighted by Crippen LogP contribution is -1.28. The molecule has 0 radical (unpaired) electrons. The first-order valence-electron chi connectivity index (χ1n) is 2.74. The number of allylic oxidation sites excluding steroid dienone is 2. The molecule has 0 saturated carbocycles. The molecule has 0 saturated heterocycles. The van der Waals surface area contributed by atoms with Crippen LogP contribution in [0.1, 0.15) is 35.1 Å². The smallest absolute Gasteiger partial charge is 0.00271 e. The molecule has 0 aromatic heterocycles. The van der Waals surface area contributed by atoms with Gasteiger partial charge in [0.2, 0.25) is 0 Å². The molecule has 0 spiro atoms. The molecule has 0 amide bonds. The van der Waals surface area contributed by atoms with E-state index >= 15 is 0 Å². The van der Waals surface area contributed by atoms with Crippen LogP contribution in [0.3, 0.4) is 0 Å². The van der Waals surface area contributed by atoms with Crippen molar-refractivity contribution in [3.63, 3.8) is 0 Å². The van der Waals surface area contributed by atoms with E-state index in [9.17, 15) is 0 Å². The number of hydrogen-bond acceptors (Lipinski definition) is 0. The predicted molar refractivity (Wildman–Crippen MR) is 46.3 cm³/mol. The Labute approximate surface area is 60.0 Å². The zero-order chi connectivity index (χ0) is 6.83. The lowest BCUT2D eigenvalue weighted by atomic mass is 10.6. The minimum atomic E-state index is 0. The van der Waals surface area contributed by atoms with Gasteiger partial charge in [-0.1, -0.05) is 19.6 Å². The maximum absolute atomic E-state index is 2.68. The first-order valence-corrected chi connectivity index (χ1v) is 2.74. The van der Waals surface area contributed by atoms with E-state index in [1.165, 1.54) is 0 Å². The Morgan fingerprint density at radius 1 is 0.889 bits per heavy atom. The Kier molecular flexibility index (Phi) is 46.5. The molecule has 0 aliphatic heterocycles. The highest BCUT2D eigenvalue weighted by Crippen LogP contribution is 1.57. The highest BCUT2D eigenvalue weighted by Gasteiger charge is 1.34. The summed E-state index contributed by atoms with van der Waals surface area (Å²) >= 11 is 0. The van der Waals surface area contributed by atoms with Gasteiger partial charge in [0.15, 0.2) is 0 Å². The maximum Gasteiger partial charge on any atom is -0.00271 e. The Bertz CT molecular complexity index is 78.3. The largest absolute Gasteiger partial charge is 0.107 e. The fourth-order valence-electron chi connectivity index (χ4n) is 0. The fraction of sp³-hybridized carbons (Fsp3) is 0.556. The quantitative estimate of drug-likeness (QED) is 0.345. The van der Waals surface area contributed by atoms with E-state index in [0.717, 1.165) is 0 Å². The second kappa shape index (κ2) is 26.6. The summed E-state index contributed by atoms with van der Waals surface area (Å²) in [6.45, 7) is 7.64. The molecule has 0 unspecified atom stereocenters. The van der Waals surface area contributed by atoms with Gasteiger partial charge in [0, 0.05) is 0 Å². The van der Waals surface area contributed by atoms with Gasteiger partial charge in [-0.3, -0.25) is 0 Å². The Morgan fingerprint density at radius 2 is 1.11 bits per heavy atom. The fourth-order valence-corrected chi connectivity index (χ4v) is 0.